The second kappa shape index (κ2) is 26.4. The predicted molar refractivity (Wildman–Crippen MR) is 297 cm³/mol. The summed E-state index contributed by atoms with van der Waals surface area (Å²) in [5.41, 5.74) is 2.99. The van der Waals surface area contributed by atoms with Crippen LogP contribution in [0.4, 0.5) is 44.3 Å². The number of nitrogens with one attached hydrogen (secondary N) is 2. The Morgan fingerprint density at radius 2 is 0.885 bits per heavy atom. The van der Waals surface area contributed by atoms with Gasteiger partial charge in [-0.2, -0.15) is 44.5 Å². The minimum atomic E-state index is -4.80. The molecule has 0 spiro atoms. The van der Waals surface area contributed by atoms with Crippen LogP contribution >= 0.6 is 23.2 Å². The van der Waals surface area contributed by atoms with Gasteiger partial charge >= 0.3 is 24.6 Å². The van der Waals surface area contributed by atoms with Crippen molar-refractivity contribution in [2.24, 2.45) is 0 Å². The third kappa shape index (κ3) is 15.4. The number of carbonyl (C=O) groups excluding carboxylic acids is 4. The van der Waals surface area contributed by atoms with E-state index < -0.39 is 118 Å². The first kappa shape index (κ1) is 65.7. The summed E-state index contributed by atoms with van der Waals surface area (Å²) in [6.07, 6.45) is -11.6. The molecular formula is C56H54Cl2F9N9O11. The van der Waals surface area contributed by atoms with Gasteiger partial charge in [-0.15, -0.1) is 0 Å². The van der Waals surface area contributed by atoms with E-state index in [4.69, 9.17) is 42.1 Å². The number of fused-ring (bicyclic) bond motifs is 3. The van der Waals surface area contributed by atoms with Crippen LogP contribution in [0.5, 0.6) is 17.2 Å². The highest BCUT2D eigenvalue weighted by Crippen LogP contribution is 2.34. The number of alkyl halides is 9. The van der Waals surface area contributed by atoms with E-state index in [0.717, 1.165) is 53.1 Å². The lowest BCUT2D eigenvalue weighted by molar-refractivity contribution is -0.173. The topological polar surface area (TPSA) is 208 Å². The summed E-state index contributed by atoms with van der Waals surface area (Å²) in [4.78, 5) is 90.4. The highest BCUT2D eigenvalue weighted by atomic mass is 35.5. The molecule has 0 fully saturated rings. The molecule has 20 nitrogen and oxygen atoms in total. The molecule has 6 aromatic rings. The van der Waals surface area contributed by atoms with Gasteiger partial charge in [0.25, 0.3) is 17.7 Å². The first-order valence-corrected chi connectivity index (χ1v) is 26.7. The molecule has 3 aromatic heterocycles. The number of pyridine rings is 3. The molecule has 0 aliphatic carbocycles. The van der Waals surface area contributed by atoms with Crippen molar-refractivity contribution in [3.8, 4) is 17.2 Å². The van der Waals surface area contributed by atoms with Gasteiger partial charge in [0.15, 0.2) is 34.3 Å². The number of rotatable bonds is 12. The lowest BCUT2D eigenvalue weighted by Crippen LogP contribution is -2.61. The van der Waals surface area contributed by atoms with Crippen LogP contribution in [-0.4, -0.2) is 115 Å². The average Bonchev–Trinajstić information content (AvgIpc) is 0.818. The number of amides is 4. The smallest absolute Gasteiger partial charge is 0.431 e. The number of hydrogen-bond acceptors (Lipinski definition) is 13. The molecule has 9 rings (SSSR count). The van der Waals surface area contributed by atoms with Crippen molar-refractivity contribution in [3.63, 3.8) is 0 Å². The van der Waals surface area contributed by atoms with Crippen molar-refractivity contribution >= 4 is 47.0 Å². The highest BCUT2D eigenvalue weighted by molar-refractivity contribution is 6.31. The van der Waals surface area contributed by atoms with Crippen LogP contribution in [0, 0.1) is 0 Å². The Labute approximate surface area is 498 Å². The molecule has 0 saturated heterocycles. The molecule has 3 aromatic carbocycles. The lowest BCUT2D eigenvalue weighted by atomic mass is 10.2. The lowest BCUT2D eigenvalue weighted by Gasteiger charge is -2.41. The predicted octanol–water partition coefficient (Wildman–Crippen LogP) is 9.64. The minimum absolute atomic E-state index is 0.00912. The standard InChI is InChI=1S/C22H23ClF3N3O5.C17H15ClF3N3O3.C17H16F3N3O3/c1-13(22(24,25)26)27-12-29(20(32)34-21(2,3)4)28-10-15(23)17(30)18(16(28)19(27)31)33-11-14-8-6-5-7-9-14;1-10(17(19,20)21)23-9-22-24-7-12(18)14(25)15(13(24)16(23)26)27-8-11-5-3-2-4-6-11;1-11(17(18,19)20)22-10-21-23-8-7-13(24)15(14(23)16(22)25)26-9-12-5-3-2-4-6-12/h5-10,13H,11-12H2,1-4H3;2-7,10,22H,8-9H2,1H3;2-8,11,21H,9-10H2,1H3/t13-;10-;11-/m111/s1. The summed E-state index contributed by atoms with van der Waals surface area (Å²) < 4.78 is 144. The van der Waals surface area contributed by atoms with E-state index in [0.29, 0.717) is 25.8 Å². The summed E-state index contributed by atoms with van der Waals surface area (Å²) in [5.74, 6) is -4.31. The van der Waals surface area contributed by atoms with Crippen LogP contribution in [0.25, 0.3) is 0 Å². The SMILES string of the molecule is C[C@@H](N1CN(C(=O)OC(C)(C)C)n2cc(Cl)c(=O)c(OCc3ccccc3)c2C1=O)C(F)(F)F.C[C@@H](N1CNn2cc(Cl)c(=O)c(OCc3ccccc3)c2C1=O)C(F)(F)F.C[C@@H](N1CNn2ccc(=O)c(OCc3ccccc3)c2C1=O)C(F)(F)F. The van der Waals surface area contributed by atoms with Crippen LogP contribution in [0.3, 0.4) is 0 Å². The van der Waals surface area contributed by atoms with Crippen LogP contribution < -0.4 is 46.4 Å². The third-order valence-corrected chi connectivity index (χ3v) is 13.7. The second-order valence-electron chi connectivity index (χ2n) is 20.4. The van der Waals surface area contributed by atoms with E-state index >= 15 is 0 Å². The summed E-state index contributed by atoms with van der Waals surface area (Å²) in [5, 5.41) is 0.134. The number of benzene rings is 3. The molecule has 466 valence electrons. The number of nitrogens with zero attached hydrogens (tertiary/aromatic N) is 7. The van der Waals surface area contributed by atoms with Crippen molar-refractivity contribution in [2.75, 3.05) is 35.9 Å². The Hall–Kier alpha value is -8.86. The zero-order valence-electron chi connectivity index (χ0n) is 46.7. The third-order valence-electron chi connectivity index (χ3n) is 13.1. The van der Waals surface area contributed by atoms with Gasteiger partial charge in [-0.3, -0.25) is 38.1 Å². The van der Waals surface area contributed by atoms with Gasteiger partial charge in [0, 0.05) is 18.5 Å². The summed E-state index contributed by atoms with van der Waals surface area (Å²) in [7, 11) is 0. The molecule has 0 saturated carbocycles. The molecule has 87 heavy (non-hydrogen) atoms. The number of hydrogen-bond donors (Lipinski definition) is 2. The molecule has 2 N–H and O–H groups in total. The van der Waals surface area contributed by atoms with Gasteiger partial charge in [0.05, 0.1) is 6.20 Å². The van der Waals surface area contributed by atoms with Gasteiger partial charge in [-0.1, -0.05) is 114 Å². The van der Waals surface area contributed by atoms with Crippen LogP contribution in [0.15, 0.2) is 130 Å². The van der Waals surface area contributed by atoms with Crippen molar-refractivity contribution in [3.05, 3.63) is 190 Å². The fraction of sp³-hybridized carbons (Fsp3) is 0.339. The quantitative estimate of drug-likeness (QED) is 0.110. The van der Waals surface area contributed by atoms with E-state index in [2.05, 4.69) is 10.9 Å². The first-order valence-electron chi connectivity index (χ1n) is 26.0. The molecule has 3 aliphatic rings. The maximum Gasteiger partial charge on any atom is 0.431 e. The van der Waals surface area contributed by atoms with E-state index in [1.807, 2.05) is 6.07 Å². The van der Waals surface area contributed by atoms with E-state index in [1.54, 1.807) is 106 Å². The fourth-order valence-corrected chi connectivity index (χ4v) is 8.68. The van der Waals surface area contributed by atoms with Gasteiger partial charge < -0.3 is 44.5 Å². The molecular weight excluding hydrogens is 1220 g/mol. The number of aromatic nitrogens is 3. The van der Waals surface area contributed by atoms with Crippen LogP contribution in [0.1, 0.15) is 89.7 Å². The van der Waals surface area contributed by atoms with E-state index in [1.165, 1.54) is 16.9 Å². The first-order chi connectivity index (χ1) is 40.7. The Morgan fingerprint density at radius 1 is 0.517 bits per heavy atom. The zero-order chi connectivity index (χ0) is 64.1. The monoisotopic (exact) mass is 1270 g/mol. The molecule has 3 atom stereocenters. The molecule has 0 radical (unpaired) electrons. The second-order valence-corrected chi connectivity index (χ2v) is 21.2. The molecule has 31 heteroatoms. The molecule has 3 aliphatic heterocycles. The highest BCUT2D eigenvalue weighted by Gasteiger charge is 2.49. The maximum atomic E-state index is 13.5. The van der Waals surface area contributed by atoms with Crippen molar-refractivity contribution in [2.45, 2.75) is 104 Å². The van der Waals surface area contributed by atoms with Gasteiger partial charge in [-0.05, 0) is 58.2 Å². The van der Waals surface area contributed by atoms with Crippen molar-refractivity contribution < 1.29 is 77.6 Å². The molecule has 0 bridgehead atoms. The Kier molecular flexibility index (Phi) is 19.9. The van der Waals surface area contributed by atoms with Gasteiger partial charge in [-0.25, -0.2) is 9.47 Å². The summed E-state index contributed by atoms with van der Waals surface area (Å²) >= 11 is 12.0. The number of carbonyl (C=O) groups is 4. The summed E-state index contributed by atoms with van der Waals surface area (Å²) in [6, 6.07) is 21.2. The normalized spacial score (nSPS) is 15.2. The Morgan fingerprint density at radius 3 is 1.31 bits per heavy atom. The van der Waals surface area contributed by atoms with E-state index in [9.17, 15) is 73.1 Å². The van der Waals surface area contributed by atoms with Crippen molar-refractivity contribution in [1.29, 1.82) is 0 Å². The number of halogens is 11. The Balaban J connectivity index is 0.000000189. The maximum absolute atomic E-state index is 13.5. The zero-order valence-corrected chi connectivity index (χ0v) is 48.2. The van der Waals surface area contributed by atoms with Crippen molar-refractivity contribution in [1.82, 2.24) is 28.7 Å². The molecule has 0 unspecified atom stereocenters. The fourth-order valence-electron chi connectivity index (χ4n) is 8.32. The molecule has 6 heterocycles. The van der Waals surface area contributed by atoms with Gasteiger partial charge in [0.2, 0.25) is 16.3 Å². The van der Waals surface area contributed by atoms with Crippen LogP contribution in [0.2, 0.25) is 10.0 Å². The van der Waals surface area contributed by atoms with Gasteiger partial charge in [0.1, 0.15) is 73.6 Å². The largest absolute Gasteiger partial charge is 0.482 e. The average molecular weight is 1270 g/mol. The Bertz CT molecular complexity index is 3680. The summed E-state index contributed by atoms with van der Waals surface area (Å²) in [6.45, 7) is 5.51. The molecule has 4 amide bonds. The van der Waals surface area contributed by atoms with E-state index in [-0.39, 0.29) is 48.6 Å². The number of ether oxygens (including phenoxy) is 4. The minimum Gasteiger partial charge on any atom is -0.482 e. The van der Waals surface area contributed by atoms with Crippen LogP contribution in [-0.2, 0) is 24.6 Å².